The summed E-state index contributed by atoms with van der Waals surface area (Å²) in [7, 11) is 0. The fourth-order valence-electron chi connectivity index (χ4n) is 4.22. The van der Waals surface area contributed by atoms with E-state index in [1.807, 2.05) is 16.8 Å². The van der Waals surface area contributed by atoms with Gasteiger partial charge in [0, 0.05) is 24.7 Å². The first kappa shape index (κ1) is 16.1. The minimum Gasteiger partial charge on any atom is -0.311 e. The summed E-state index contributed by atoms with van der Waals surface area (Å²) in [6, 6.07) is 4.04. The van der Waals surface area contributed by atoms with Crippen LogP contribution in [0.4, 0.5) is 5.82 Å². The van der Waals surface area contributed by atoms with Gasteiger partial charge in [-0.2, -0.15) is 0 Å². The van der Waals surface area contributed by atoms with E-state index in [0.717, 1.165) is 18.4 Å². The number of anilines is 1. The van der Waals surface area contributed by atoms with Gasteiger partial charge < -0.3 is 5.32 Å². The highest BCUT2D eigenvalue weighted by atomic mass is 16.2. The molecule has 6 nitrogen and oxygen atoms in total. The topological polar surface area (TPSA) is 79.8 Å². The van der Waals surface area contributed by atoms with E-state index in [4.69, 9.17) is 0 Å². The first-order valence-electron chi connectivity index (χ1n) is 9.28. The van der Waals surface area contributed by atoms with Crippen molar-refractivity contribution in [3.8, 4) is 0 Å². The van der Waals surface area contributed by atoms with Gasteiger partial charge in [-0.1, -0.05) is 38.2 Å². The van der Waals surface area contributed by atoms with Crippen molar-refractivity contribution in [2.45, 2.75) is 63.3 Å². The van der Waals surface area contributed by atoms with Gasteiger partial charge in [0.05, 0.1) is 11.6 Å². The van der Waals surface area contributed by atoms with E-state index in [-0.39, 0.29) is 29.8 Å². The molecule has 6 heteroatoms. The van der Waals surface area contributed by atoms with Crippen molar-refractivity contribution in [3.63, 3.8) is 0 Å². The van der Waals surface area contributed by atoms with Crippen molar-refractivity contribution in [3.05, 3.63) is 46.0 Å². The van der Waals surface area contributed by atoms with Gasteiger partial charge >= 0.3 is 0 Å². The smallest absolute Gasteiger partial charge is 0.270 e. The van der Waals surface area contributed by atoms with Gasteiger partial charge in [-0.3, -0.25) is 24.4 Å². The average Bonchev–Trinajstić information content (AvgIpc) is 2.91. The van der Waals surface area contributed by atoms with Crippen molar-refractivity contribution in [2.75, 3.05) is 5.32 Å². The Morgan fingerprint density at radius 2 is 1.84 bits per heavy atom. The molecule has 0 radical (unpaired) electrons. The summed E-state index contributed by atoms with van der Waals surface area (Å²) in [6.07, 6.45) is 12.0. The van der Waals surface area contributed by atoms with E-state index in [2.05, 4.69) is 15.4 Å². The molecule has 1 aliphatic carbocycles. The van der Waals surface area contributed by atoms with E-state index in [0.29, 0.717) is 11.4 Å². The molecule has 0 spiro atoms. The van der Waals surface area contributed by atoms with E-state index in [1.165, 1.54) is 32.1 Å². The normalized spacial score (nSPS) is 21.9. The second-order valence-corrected chi connectivity index (χ2v) is 7.16. The van der Waals surface area contributed by atoms with Crippen LogP contribution in [0.3, 0.4) is 0 Å². The lowest BCUT2D eigenvalue weighted by atomic mass is 9.88. The van der Waals surface area contributed by atoms with Gasteiger partial charge in [0.2, 0.25) is 5.91 Å². The van der Waals surface area contributed by atoms with Crippen LogP contribution < -0.4 is 10.9 Å². The second-order valence-electron chi connectivity index (χ2n) is 7.16. The van der Waals surface area contributed by atoms with Crippen molar-refractivity contribution in [2.24, 2.45) is 0 Å². The van der Waals surface area contributed by atoms with Gasteiger partial charge in [0.25, 0.3) is 5.56 Å². The van der Waals surface area contributed by atoms with Crippen molar-refractivity contribution >= 4 is 11.7 Å². The molecule has 1 amide bonds. The molecule has 2 N–H and O–H groups in total. The summed E-state index contributed by atoms with van der Waals surface area (Å²) >= 11 is 0. The Bertz CT molecular complexity index is 801. The molecular formula is C19H24N4O2. The number of carbonyl (C=O) groups is 1. The molecule has 2 aromatic heterocycles. The minimum absolute atomic E-state index is 0.0417. The molecule has 1 aliphatic heterocycles. The molecular weight excluding hydrogens is 316 g/mol. The Morgan fingerprint density at radius 3 is 2.56 bits per heavy atom. The van der Waals surface area contributed by atoms with Crippen LogP contribution in [0.5, 0.6) is 0 Å². The molecule has 0 saturated heterocycles. The maximum Gasteiger partial charge on any atom is 0.270 e. The van der Waals surface area contributed by atoms with E-state index in [9.17, 15) is 9.59 Å². The summed E-state index contributed by atoms with van der Waals surface area (Å²) in [5.74, 6) is 0.400. The van der Waals surface area contributed by atoms with E-state index >= 15 is 0 Å². The van der Waals surface area contributed by atoms with Crippen LogP contribution in [-0.4, -0.2) is 20.7 Å². The maximum absolute atomic E-state index is 12.7. The number of H-pyrrole nitrogens is 1. The average molecular weight is 340 g/mol. The number of amides is 1. The molecule has 132 valence electrons. The number of pyridine rings is 1. The molecule has 4 rings (SSSR count). The van der Waals surface area contributed by atoms with Gasteiger partial charge in [-0.05, 0) is 24.5 Å². The predicted octanol–water partition coefficient (Wildman–Crippen LogP) is 3.33. The number of nitrogens with one attached hydrogen (secondary N) is 2. The lowest BCUT2D eigenvalue weighted by molar-refractivity contribution is -0.116. The lowest BCUT2D eigenvalue weighted by Crippen LogP contribution is -2.27. The standard InChI is InChI=1S/C19H24N4O2/c24-16-11-15(13-7-6-10-20-12-13)17-18(21-16)23(22-19(17)25)14-8-4-2-1-3-5-9-14/h6-7,10,12,14-15H,1-5,8-9,11H2,(H,21,24)(H,22,25). The van der Waals surface area contributed by atoms with Crippen LogP contribution in [0.25, 0.3) is 0 Å². The maximum atomic E-state index is 12.7. The first-order valence-corrected chi connectivity index (χ1v) is 9.28. The van der Waals surface area contributed by atoms with Crippen LogP contribution in [0.2, 0.25) is 0 Å². The number of carbonyl (C=O) groups excluding carboxylic acids is 1. The second kappa shape index (κ2) is 6.86. The first-order chi connectivity index (χ1) is 12.2. The Kier molecular flexibility index (Phi) is 4.42. The van der Waals surface area contributed by atoms with Crippen molar-refractivity contribution in [1.29, 1.82) is 0 Å². The fourth-order valence-corrected chi connectivity index (χ4v) is 4.22. The fraction of sp³-hybridized carbons (Fsp3) is 0.526. The largest absolute Gasteiger partial charge is 0.311 e. The zero-order valence-corrected chi connectivity index (χ0v) is 14.3. The van der Waals surface area contributed by atoms with Crippen LogP contribution in [0.1, 0.15) is 74.5 Å². The molecule has 3 heterocycles. The molecule has 1 atom stereocenters. The number of nitrogens with zero attached hydrogens (tertiary/aromatic N) is 2. The van der Waals surface area contributed by atoms with Gasteiger partial charge in [0.1, 0.15) is 5.82 Å². The van der Waals surface area contributed by atoms with Crippen LogP contribution in [0.15, 0.2) is 29.3 Å². The highest BCUT2D eigenvalue weighted by Gasteiger charge is 2.34. The van der Waals surface area contributed by atoms with Gasteiger partial charge in [0.15, 0.2) is 0 Å². The zero-order valence-electron chi connectivity index (χ0n) is 14.3. The van der Waals surface area contributed by atoms with Crippen LogP contribution in [-0.2, 0) is 4.79 Å². The summed E-state index contributed by atoms with van der Waals surface area (Å²) in [5, 5.41) is 5.97. The number of hydrogen-bond donors (Lipinski definition) is 2. The SMILES string of the molecule is O=C1CC(c2cccnc2)c2c(n(C3CCCCCCC3)[nH]c2=O)N1. The van der Waals surface area contributed by atoms with Crippen LogP contribution >= 0.6 is 0 Å². The summed E-state index contributed by atoms with van der Waals surface area (Å²) in [5.41, 5.74) is 1.50. The molecule has 2 aromatic rings. The van der Waals surface area contributed by atoms with Crippen LogP contribution in [0, 0.1) is 0 Å². The summed E-state index contributed by atoms with van der Waals surface area (Å²) in [4.78, 5) is 29.2. The van der Waals surface area contributed by atoms with Gasteiger partial charge in [-0.15, -0.1) is 0 Å². The molecule has 0 bridgehead atoms. The third-order valence-electron chi connectivity index (χ3n) is 5.49. The molecule has 1 saturated carbocycles. The highest BCUT2D eigenvalue weighted by Crippen LogP contribution is 2.37. The number of fused-ring (bicyclic) bond motifs is 1. The Balaban J connectivity index is 1.75. The quantitative estimate of drug-likeness (QED) is 0.880. The lowest BCUT2D eigenvalue weighted by Gasteiger charge is -2.27. The van der Waals surface area contributed by atoms with Crippen molar-refractivity contribution in [1.82, 2.24) is 14.8 Å². The Hall–Kier alpha value is -2.37. The third-order valence-corrected chi connectivity index (χ3v) is 5.49. The van der Waals surface area contributed by atoms with Gasteiger partial charge in [-0.25, -0.2) is 0 Å². The molecule has 2 aliphatic rings. The number of hydrogen-bond acceptors (Lipinski definition) is 3. The number of aromatic nitrogens is 3. The monoisotopic (exact) mass is 340 g/mol. The van der Waals surface area contributed by atoms with Crippen molar-refractivity contribution < 1.29 is 4.79 Å². The predicted molar refractivity (Wildman–Crippen MR) is 95.7 cm³/mol. The number of aromatic amines is 1. The Labute approximate surface area is 146 Å². The third kappa shape index (κ3) is 3.13. The molecule has 1 fully saturated rings. The number of rotatable bonds is 2. The molecule has 0 aromatic carbocycles. The zero-order chi connectivity index (χ0) is 17.2. The van der Waals surface area contributed by atoms with E-state index in [1.54, 1.807) is 12.4 Å². The molecule has 1 unspecified atom stereocenters. The molecule has 25 heavy (non-hydrogen) atoms. The highest BCUT2D eigenvalue weighted by molar-refractivity contribution is 5.94. The minimum atomic E-state index is -0.226. The summed E-state index contributed by atoms with van der Waals surface area (Å²) < 4.78 is 1.93. The van der Waals surface area contributed by atoms with E-state index < -0.39 is 0 Å². The summed E-state index contributed by atoms with van der Waals surface area (Å²) in [6.45, 7) is 0. The Morgan fingerprint density at radius 1 is 1.08 bits per heavy atom.